The summed E-state index contributed by atoms with van der Waals surface area (Å²) >= 11 is 1.03. The summed E-state index contributed by atoms with van der Waals surface area (Å²) in [6.45, 7) is 3.93. The lowest BCUT2D eigenvalue weighted by molar-refractivity contribution is 0.0914. The lowest BCUT2D eigenvalue weighted by Crippen LogP contribution is -2.40. The van der Waals surface area contributed by atoms with Gasteiger partial charge in [0.15, 0.2) is 11.6 Å². The van der Waals surface area contributed by atoms with E-state index < -0.39 is 23.4 Å². The number of thiophene rings is 1. The van der Waals surface area contributed by atoms with Crippen LogP contribution in [0.5, 0.6) is 0 Å². The summed E-state index contributed by atoms with van der Waals surface area (Å²) in [5.41, 5.74) is 0.600. The number of para-hydroxylation sites is 1. The maximum absolute atomic E-state index is 13.5. The monoisotopic (exact) mass is 629 g/mol. The van der Waals surface area contributed by atoms with Crippen molar-refractivity contribution in [1.82, 2.24) is 24.6 Å². The number of methoxy groups -OCH3 is 1. The third kappa shape index (κ3) is 6.76. The minimum absolute atomic E-state index is 0.0224. The first-order valence-corrected chi connectivity index (χ1v) is 14.7. The molecule has 232 valence electrons. The molecule has 0 fully saturated rings. The average Bonchev–Trinajstić information content (AvgIpc) is 3.74. The minimum Gasteiger partial charge on any atom is -0.445 e. The number of amides is 3. The highest BCUT2D eigenvalue weighted by Crippen LogP contribution is 2.33. The predicted octanol–water partition coefficient (Wildman–Crippen LogP) is 4.63. The number of nitrogens with zero attached hydrogens (tertiary/aromatic N) is 4. The molecule has 0 aliphatic carbocycles. The van der Waals surface area contributed by atoms with Crippen LogP contribution in [0.1, 0.15) is 50.1 Å². The van der Waals surface area contributed by atoms with E-state index >= 15 is 0 Å². The highest BCUT2D eigenvalue weighted by Gasteiger charge is 2.28. The number of carbonyl (C=O) groups excluding carboxylic acids is 4. The Bertz CT molecular complexity index is 1880. The molecule has 0 spiro atoms. The second-order valence-corrected chi connectivity index (χ2v) is 11.5. The number of rotatable bonds is 10. The van der Waals surface area contributed by atoms with Gasteiger partial charge in [-0.25, -0.2) is 9.78 Å². The Morgan fingerprint density at radius 1 is 0.933 bits per heavy atom. The third-order valence-corrected chi connectivity index (χ3v) is 7.98. The van der Waals surface area contributed by atoms with Gasteiger partial charge in [0.05, 0.1) is 33.7 Å². The zero-order chi connectivity index (χ0) is 32.1. The molecule has 0 saturated heterocycles. The molecule has 3 heterocycles. The van der Waals surface area contributed by atoms with Crippen molar-refractivity contribution in [3.63, 3.8) is 0 Å². The molecule has 0 aliphatic heterocycles. The van der Waals surface area contributed by atoms with Crippen molar-refractivity contribution in [3.8, 4) is 0 Å². The number of benzene rings is 2. The predicted molar refractivity (Wildman–Crippen MR) is 169 cm³/mol. The molecule has 45 heavy (non-hydrogen) atoms. The third-order valence-electron chi connectivity index (χ3n) is 6.87. The number of aromatic nitrogens is 4. The molecule has 2 aromatic carbocycles. The van der Waals surface area contributed by atoms with Crippen LogP contribution in [-0.2, 0) is 22.1 Å². The van der Waals surface area contributed by atoms with Crippen LogP contribution in [0.15, 0.2) is 73.1 Å². The average molecular weight is 630 g/mol. The fraction of sp³-hybridized carbons (Fsp3) is 0.226. The summed E-state index contributed by atoms with van der Waals surface area (Å²) in [4.78, 5) is 57.4. The Hall–Kier alpha value is -5.34. The molecule has 0 atom stereocenters. The number of carbonyl (C=O) groups is 4. The molecule has 3 aromatic heterocycles. The van der Waals surface area contributed by atoms with Crippen molar-refractivity contribution in [3.05, 3.63) is 94.9 Å². The van der Waals surface area contributed by atoms with E-state index in [1.54, 1.807) is 42.1 Å². The fourth-order valence-corrected chi connectivity index (χ4v) is 5.51. The fourth-order valence-electron chi connectivity index (χ4n) is 4.51. The van der Waals surface area contributed by atoms with E-state index in [0.717, 1.165) is 21.6 Å². The number of hydrogen-bond acceptors (Lipinski definition) is 9. The SMILES string of the molecule is COCCOC(=O)n1nc(NC(=O)c2ccccc2NC(=O)c2nccn2C)c2cc(C(=O)NC(C)(C)c3ccccc3)sc21. The second kappa shape index (κ2) is 13.1. The Labute approximate surface area is 262 Å². The van der Waals surface area contributed by atoms with Crippen LogP contribution >= 0.6 is 11.3 Å². The topological polar surface area (TPSA) is 158 Å². The molecular weight excluding hydrogens is 598 g/mol. The summed E-state index contributed by atoms with van der Waals surface area (Å²) < 4.78 is 12.8. The molecule has 14 heteroatoms. The van der Waals surface area contributed by atoms with Gasteiger partial charge in [-0.15, -0.1) is 16.4 Å². The van der Waals surface area contributed by atoms with Crippen LogP contribution in [0.3, 0.4) is 0 Å². The Morgan fingerprint density at radius 3 is 2.38 bits per heavy atom. The number of hydrogen-bond donors (Lipinski definition) is 3. The van der Waals surface area contributed by atoms with Gasteiger partial charge in [0.2, 0.25) is 0 Å². The Morgan fingerprint density at radius 2 is 1.67 bits per heavy atom. The summed E-state index contributed by atoms with van der Waals surface area (Å²) in [5, 5.41) is 13.1. The van der Waals surface area contributed by atoms with Gasteiger partial charge in [-0.1, -0.05) is 42.5 Å². The van der Waals surface area contributed by atoms with Crippen LogP contribution in [0, 0.1) is 0 Å². The van der Waals surface area contributed by atoms with Gasteiger partial charge in [0.1, 0.15) is 11.4 Å². The van der Waals surface area contributed by atoms with E-state index in [9.17, 15) is 19.2 Å². The largest absolute Gasteiger partial charge is 0.445 e. The van der Waals surface area contributed by atoms with Crippen LogP contribution in [-0.4, -0.2) is 63.5 Å². The van der Waals surface area contributed by atoms with E-state index in [0.29, 0.717) is 15.1 Å². The van der Waals surface area contributed by atoms with E-state index in [2.05, 4.69) is 26.0 Å². The molecule has 0 unspecified atom stereocenters. The summed E-state index contributed by atoms with van der Waals surface area (Å²) in [5.74, 6) is -1.28. The molecule has 13 nitrogen and oxygen atoms in total. The first-order valence-electron chi connectivity index (χ1n) is 13.8. The number of anilines is 2. The standard InChI is InChI=1S/C31H31N7O6S/c1-31(2,19-10-6-5-7-11-19)35-27(40)23-18-21-24(36-38(29(21)45-23)30(42)44-17-16-43-4)34-26(39)20-12-8-9-13-22(20)33-28(41)25-32-14-15-37(25)3/h5-15,18H,16-17H2,1-4H3,(H,33,41)(H,35,40)(H,34,36,39). The van der Waals surface area contributed by atoms with Crippen molar-refractivity contribution in [2.45, 2.75) is 19.4 Å². The van der Waals surface area contributed by atoms with Crippen molar-refractivity contribution >= 4 is 56.9 Å². The van der Waals surface area contributed by atoms with Gasteiger partial charge in [-0.05, 0) is 37.6 Å². The van der Waals surface area contributed by atoms with Crippen molar-refractivity contribution in [2.24, 2.45) is 7.05 Å². The normalized spacial score (nSPS) is 11.3. The molecule has 3 amide bonds. The van der Waals surface area contributed by atoms with Gasteiger partial charge >= 0.3 is 6.09 Å². The lowest BCUT2D eigenvalue weighted by atomic mass is 9.94. The van der Waals surface area contributed by atoms with E-state index in [4.69, 9.17) is 9.47 Å². The van der Waals surface area contributed by atoms with Crippen molar-refractivity contribution in [1.29, 1.82) is 0 Å². The maximum atomic E-state index is 13.5. The van der Waals surface area contributed by atoms with E-state index in [1.807, 2.05) is 44.2 Å². The molecular formula is C31H31N7O6S. The maximum Gasteiger partial charge on any atom is 0.436 e. The zero-order valence-corrected chi connectivity index (χ0v) is 25.8. The molecule has 0 aliphatic rings. The molecule has 3 N–H and O–H groups in total. The van der Waals surface area contributed by atoms with Gasteiger partial charge < -0.3 is 30.0 Å². The van der Waals surface area contributed by atoms with E-state index in [1.165, 1.54) is 19.4 Å². The highest BCUT2D eigenvalue weighted by molar-refractivity contribution is 7.20. The summed E-state index contributed by atoms with van der Waals surface area (Å²) in [6, 6.07) is 17.5. The van der Waals surface area contributed by atoms with Gasteiger partial charge in [-0.2, -0.15) is 4.68 Å². The number of fused-ring (bicyclic) bond motifs is 1. The second-order valence-electron chi connectivity index (χ2n) is 10.5. The number of aryl methyl sites for hydroxylation is 1. The minimum atomic E-state index is -0.807. The van der Waals surface area contributed by atoms with Crippen molar-refractivity contribution in [2.75, 3.05) is 31.0 Å². The Balaban J connectivity index is 1.45. The first kappa shape index (κ1) is 31.1. The molecule has 5 rings (SSSR count). The Kier molecular flexibility index (Phi) is 9.06. The number of ether oxygens (including phenoxy) is 2. The zero-order valence-electron chi connectivity index (χ0n) is 25.0. The molecule has 0 saturated carbocycles. The van der Waals surface area contributed by atoms with E-state index in [-0.39, 0.29) is 42.0 Å². The van der Waals surface area contributed by atoms with Crippen LogP contribution in [0.4, 0.5) is 16.3 Å². The molecule has 5 aromatic rings. The molecule has 0 bridgehead atoms. The number of imidazole rings is 1. The van der Waals surface area contributed by atoms with Crippen LogP contribution in [0.25, 0.3) is 10.2 Å². The number of nitrogens with one attached hydrogen (secondary N) is 3. The van der Waals surface area contributed by atoms with Gasteiger partial charge in [0, 0.05) is 26.6 Å². The molecule has 0 radical (unpaired) electrons. The smallest absolute Gasteiger partial charge is 0.436 e. The van der Waals surface area contributed by atoms with Gasteiger partial charge in [-0.3, -0.25) is 14.4 Å². The van der Waals surface area contributed by atoms with Gasteiger partial charge in [0.25, 0.3) is 17.7 Å². The first-order chi connectivity index (χ1) is 21.6. The summed E-state index contributed by atoms with van der Waals surface area (Å²) in [7, 11) is 3.16. The lowest BCUT2D eigenvalue weighted by Gasteiger charge is -2.26. The van der Waals surface area contributed by atoms with Crippen molar-refractivity contribution < 1.29 is 28.7 Å². The summed E-state index contributed by atoms with van der Waals surface area (Å²) in [6.07, 6.45) is 2.32. The highest BCUT2D eigenvalue weighted by atomic mass is 32.1. The quantitative estimate of drug-likeness (QED) is 0.189. The van der Waals surface area contributed by atoms with Crippen LogP contribution < -0.4 is 16.0 Å². The van der Waals surface area contributed by atoms with Crippen LogP contribution in [0.2, 0.25) is 0 Å².